The summed E-state index contributed by atoms with van der Waals surface area (Å²) >= 11 is 0. The van der Waals surface area contributed by atoms with E-state index in [1.54, 1.807) is 18.2 Å². The van der Waals surface area contributed by atoms with Gasteiger partial charge in [-0.15, -0.1) is 0 Å². The van der Waals surface area contributed by atoms with Gasteiger partial charge in [0.15, 0.2) is 5.82 Å². The molecule has 2 aliphatic rings. The van der Waals surface area contributed by atoms with E-state index >= 15 is 0 Å². The first kappa shape index (κ1) is 23.4. The van der Waals surface area contributed by atoms with Gasteiger partial charge in [0.1, 0.15) is 18.3 Å². The van der Waals surface area contributed by atoms with E-state index in [1.165, 1.54) is 39.8 Å². The van der Waals surface area contributed by atoms with Gasteiger partial charge in [-0.05, 0) is 62.1 Å². The maximum atomic E-state index is 14.7. The summed E-state index contributed by atoms with van der Waals surface area (Å²) in [5, 5.41) is 6.66. The summed E-state index contributed by atoms with van der Waals surface area (Å²) in [6.45, 7) is 2.55. The van der Waals surface area contributed by atoms with Crippen LogP contribution in [0, 0.1) is 5.82 Å². The van der Waals surface area contributed by atoms with Gasteiger partial charge in [0.25, 0.3) is 5.91 Å². The van der Waals surface area contributed by atoms with Crippen LogP contribution in [-0.2, 0) is 10.0 Å². The average Bonchev–Trinajstić information content (AvgIpc) is 3.59. The molecule has 1 N–H and O–H groups in total. The summed E-state index contributed by atoms with van der Waals surface area (Å²) < 4.78 is 44.0. The molecule has 11 heteroatoms. The third-order valence-corrected chi connectivity index (χ3v) is 8.38. The molecular formula is C24H27FN6O3S. The van der Waals surface area contributed by atoms with Gasteiger partial charge in [-0.25, -0.2) is 22.5 Å². The first-order valence-electron chi connectivity index (χ1n) is 11.8. The molecule has 1 aromatic heterocycles. The van der Waals surface area contributed by atoms with Crippen LogP contribution in [0.1, 0.15) is 42.5 Å². The normalized spacial score (nSPS) is 17.0. The molecule has 9 nitrogen and oxygen atoms in total. The number of benzene rings is 2. The lowest BCUT2D eigenvalue weighted by molar-refractivity contribution is 0.102. The van der Waals surface area contributed by atoms with Gasteiger partial charge in [-0.2, -0.15) is 9.40 Å². The molecule has 2 aromatic carbocycles. The molecule has 2 aliphatic heterocycles. The van der Waals surface area contributed by atoms with E-state index in [0.717, 1.165) is 45.2 Å². The molecule has 0 aliphatic carbocycles. The largest absolute Gasteiger partial charge is 0.371 e. The van der Waals surface area contributed by atoms with Gasteiger partial charge in [0, 0.05) is 37.6 Å². The summed E-state index contributed by atoms with van der Waals surface area (Å²) in [7, 11) is -3.71. The number of carbonyl (C=O) groups excluding carboxylic acids is 1. The maximum absolute atomic E-state index is 14.7. The zero-order chi connectivity index (χ0) is 24.4. The fourth-order valence-corrected chi connectivity index (χ4v) is 6.19. The summed E-state index contributed by atoms with van der Waals surface area (Å²) in [5.74, 6) is -1.06. The van der Waals surface area contributed by atoms with Crippen LogP contribution in [0.15, 0.2) is 53.9 Å². The highest BCUT2D eigenvalue weighted by molar-refractivity contribution is 7.89. The van der Waals surface area contributed by atoms with Crippen molar-refractivity contribution in [3.8, 4) is 5.69 Å². The van der Waals surface area contributed by atoms with Crippen molar-refractivity contribution in [2.45, 2.75) is 37.0 Å². The standard InChI is InChI=1S/C24H27FN6O3S/c25-21-14-18(6-8-23(21)31-17-26-16-27-31)28-24(32)20-15-19(7-9-22(20)29-10-4-5-11-29)35(33,34)30-12-2-1-3-13-30/h6-9,14-17H,1-5,10-13H2,(H,28,32). The van der Waals surface area contributed by atoms with E-state index in [2.05, 4.69) is 20.3 Å². The number of amides is 1. The number of piperidine rings is 1. The van der Waals surface area contributed by atoms with Crippen LogP contribution in [0.25, 0.3) is 5.69 Å². The van der Waals surface area contributed by atoms with Gasteiger partial charge in [-0.3, -0.25) is 4.79 Å². The topological polar surface area (TPSA) is 100 Å². The Kier molecular flexibility index (Phi) is 6.52. The van der Waals surface area contributed by atoms with Crippen molar-refractivity contribution in [1.29, 1.82) is 0 Å². The Morgan fingerprint density at radius 1 is 0.914 bits per heavy atom. The van der Waals surface area contributed by atoms with Crippen molar-refractivity contribution in [1.82, 2.24) is 19.1 Å². The van der Waals surface area contributed by atoms with Crippen molar-refractivity contribution >= 4 is 27.3 Å². The van der Waals surface area contributed by atoms with Gasteiger partial charge >= 0.3 is 0 Å². The molecule has 0 atom stereocenters. The number of halogens is 1. The summed E-state index contributed by atoms with van der Waals surface area (Å²) in [4.78, 5) is 19.4. The van der Waals surface area contributed by atoms with Crippen molar-refractivity contribution in [2.24, 2.45) is 0 Å². The number of carbonyl (C=O) groups is 1. The molecule has 3 aromatic rings. The highest BCUT2D eigenvalue weighted by Gasteiger charge is 2.29. The first-order valence-corrected chi connectivity index (χ1v) is 13.2. The molecule has 0 unspecified atom stereocenters. The van der Waals surface area contributed by atoms with E-state index in [1.807, 2.05) is 0 Å². The van der Waals surface area contributed by atoms with Gasteiger partial charge in [-0.1, -0.05) is 6.42 Å². The molecule has 2 saturated heterocycles. The maximum Gasteiger partial charge on any atom is 0.257 e. The average molecular weight is 499 g/mol. The van der Waals surface area contributed by atoms with Crippen LogP contribution < -0.4 is 10.2 Å². The quantitative estimate of drug-likeness (QED) is 0.559. The molecule has 0 spiro atoms. The smallest absolute Gasteiger partial charge is 0.257 e. The molecule has 2 fully saturated rings. The third kappa shape index (κ3) is 4.78. The summed E-state index contributed by atoms with van der Waals surface area (Å²) in [6, 6.07) is 9.03. The Morgan fingerprint density at radius 2 is 1.63 bits per heavy atom. The van der Waals surface area contributed by atoms with Gasteiger partial charge < -0.3 is 10.2 Å². The van der Waals surface area contributed by atoms with Gasteiger partial charge in [0.2, 0.25) is 10.0 Å². The Bertz CT molecular complexity index is 1320. The minimum absolute atomic E-state index is 0.0974. The third-order valence-electron chi connectivity index (χ3n) is 6.48. The lowest BCUT2D eigenvalue weighted by Crippen LogP contribution is -2.35. The van der Waals surface area contributed by atoms with E-state index < -0.39 is 21.7 Å². The molecular weight excluding hydrogens is 471 g/mol. The minimum Gasteiger partial charge on any atom is -0.371 e. The van der Waals surface area contributed by atoms with Crippen molar-refractivity contribution in [3.05, 3.63) is 60.4 Å². The second-order valence-corrected chi connectivity index (χ2v) is 10.7. The molecule has 0 saturated carbocycles. The van der Waals surface area contributed by atoms with Crippen LogP contribution in [0.2, 0.25) is 0 Å². The number of sulfonamides is 1. The Hall–Kier alpha value is -3.31. The predicted octanol–water partition coefficient (Wildman–Crippen LogP) is 3.43. The zero-order valence-corrected chi connectivity index (χ0v) is 20.0. The monoisotopic (exact) mass is 498 g/mol. The highest BCUT2D eigenvalue weighted by atomic mass is 32.2. The lowest BCUT2D eigenvalue weighted by Gasteiger charge is -2.27. The Morgan fingerprint density at radius 3 is 2.31 bits per heavy atom. The van der Waals surface area contributed by atoms with Crippen LogP contribution in [0.5, 0.6) is 0 Å². The van der Waals surface area contributed by atoms with Gasteiger partial charge in [0.05, 0.1) is 10.5 Å². The Labute approximate surface area is 203 Å². The number of nitrogens with zero attached hydrogens (tertiary/aromatic N) is 5. The van der Waals surface area contributed by atoms with E-state index in [9.17, 15) is 17.6 Å². The second kappa shape index (κ2) is 9.74. The SMILES string of the molecule is O=C(Nc1ccc(-n2cncn2)c(F)c1)c1cc(S(=O)(=O)N2CCCCC2)ccc1N1CCCC1. The number of hydrogen-bond acceptors (Lipinski definition) is 6. The van der Waals surface area contributed by atoms with Crippen molar-refractivity contribution in [3.63, 3.8) is 0 Å². The number of aromatic nitrogens is 3. The molecule has 1 amide bonds. The van der Waals surface area contributed by atoms with E-state index in [0.29, 0.717) is 18.8 Å². The highest BCUT2D eigenvalue weighted by Crippen LogP contribution is 2.30. The number of hydrogen-bond donors (Lipinski definition) is 1. The number of anilines is 2. The van der Waals surface area contributed by atoms with Crippen molar-refractivity contribution in [2.75, 3.05) is 36.4 Å². The van der Waals surface area contributed by atoms with E-state index in [-0.39, 0.29) is 21.8 Å². The van der Waals surface area contributed by atoms with Crippen LogP contribution in [-0.4, -0.2) is 59.6 Å². The number of nitrogens with one attached hydrogen (secondary N) is 1. The second-order valence-electron chi connectivity index (χ2n) is 8.80. The Balaban J connectivity index is 1.46. The summed E-state index contributed by atoms with van der Waals surface area (Å²) in [5.41, 5.74) is 1.39. The van der Waals surface area contributed by atoms with Crippen molar-refractivity contribution < 1.29 is 17.6 Å². The minimum atomic E-state index is -3.71. The molecule has 0 radical (unpaired) electrons. The van der Waals surface area contributed by atoms with Crippen LogP contribution in [0.3, 0.4) is 0 Å². The fourth-order valence-electron chi connectivity index (χ4n) is 4.65. The first-order chi connectivity index (χ1) is 16.9. The fraction of sp³-hybridized carbons (Fsp3) is 0.375. The van der Waals surface area contributed by atoms with Crippen LogP contribution in [0.4, 0.5) is 15.8 Å². The molecule has 5 rings (SSSR count). The molecule has 3 heterocycles. The predicted molar refractivity (Wildman–Crippen MR) is 130 cm³/mol. The molecule has 35 heavy (non-hydrogen) atoms. The number of rotatable bonds is 6. The zero-order valence-electron chi connectivity index (χ0n) is 19.2. The van der Waals surface area contributed by atoms with E-state index in [4.69, 9.17) is 0 Å². The molecule has 0 bridgehead atoms. The van der Waals surface area contributed by atoms with Crippen LogP contribution >= 0.6 is 0 Å². The summed E-state index contributed by atoms with van der Waals surface area (Å²) in [6.07, 6.45) is 7.36. The molecule has 184 valence electrons. The lowest BCUT2D eigenvalue weighted by atomic mass is 10.1.